The fourth-order valence-corrected chi connectivity index (χ4v) is 4.40. The number of hydrogen-bond donors (Lipinski definition) is 1. The third kappa shape index (κ3) is 4.24. The van der Waals surface area contributed by atoms with Crippen LogP contribution in [0.4, 0.5) is 0 Å². The maximum absolute atomic E-state index is 13.0. The molecule has 0 aromatic heterocycles. The average molecular weight is 411 g/mol. The van der Waals surface area contributed by atoms with Gasteiger partial charge in [-0.1, -0.05) is 18.2 Å². The van der Waals surface area contributed by atoms with Gasteiger partial charge in [-0.2, -0.15) is 0 Å². The lowest BCUT2D eigenvalue weighted by atomic mass is 9.77. The van der Waals surface area contributed by atoms with E-state index in [4.69, 9.17) is 14.2 Å². The molecule has 6 nitrogen and oxygen atoms in total. The number of aliphatic hydroxyl groups excluding tert-OH is 1. The van der Waals surface area contributed by atoms with Crippen LogP contribution in [0.3, 0.4) is 0 Å². The van der Waals surface area contributed by atoms with Crippen molar-refractivity contribution >= 4 is 5.91 Å². The Balaban J connectivity index is 1.48. The molecule has 0 spiro atoms. The minimum absolute atomic E-state index is 0.0745. The summed E-state index contributed by atoms with van der Waals surface area (Å²) in [7, 11) is 0. The fraction of sp³-hybridized carbons (Fsp3) is 0.458. The Bertz CT molecular complexity index is 912. The molecule has 160 valence electrons. The second-order valence-electron chi connectivity index (χ2n) is 8.38. The lowest BCUT2D eigenvalue weighted by molar-refractivity contribution is -0.129. The van der Waals surface area contributed by atoms with E-state index in [2.05, 4.69) is 0 Å². The van der Waals surface area contributed by atoms with Gasteiger partial charge >= 0.3 is 0 Å². The highest BCUT2D eigenvalue weighted by Crippen LogP contribution is 2.42. The first-order valence-electron chi connectivity index (χ1n) is 10.5. The highest BCUT2D eigenvalue weighted by molar-refractivity contribution is 5.79. The SMILES string of the molecule is CC(C)Oc1cccc(CC(=O)N2CCC(CCO)(c3ccc4c(c3)OCO4)C2)c1. The number of rotatable bonds is 7. The number of ether oxygens (including phenoxy) is 3. The molecule has 0 saturated carbocycles. The molecule has 0 bridgehead atoms. The van der Waals surface area contributed by atoms with Crippen LogP contribution in [0.2, 0.25) is 0 Å². The number of benzene rings is 2. The molecule has 1 N–H and O–H groups in total. The Kier molecular flexibility index (Phi) is 5.86. The molecule has 1 unspecified atom stereocenters. The van der Waals surface area contributed by atoms with Crippen molar-refractivity contribution in [3.63, 3.8) is 0 Å². The molecule has 2 aliphatic rings. The summed E-state index contributed by atoms with van der Waals surface area (Å²) in [6.07, 6.45) is 1.85. The summed E-state index contributed by atoms with van der Waals surface area (Å²) < 4.78 is 16.7. The minimum Gasteiger partial charge on any atom is -0.491 e. The Hall–Kier alpha value is -2.73. The molecule has 1 amide bonds. The van der Waals surface area contributed by atoms with Crippen LogP contribution in [-0.2, 0) is 16.6 Å². The van der Waals surface area contributed by atoms with Crippen LogP contribution >= 0.6 is 0 Å². The van der Waals surface area contributed by atoms with Crippen molar-refractivity contribution in [2.75, 3.05) is 26.5 Å². The molecule has 1 saturated heterocycles. The van der Waals surface area contributed by atoms with Crippen LogP contribution in [0.15, 0.2) is 42.5 Å². The summed E-state index contributed by atoms with van der Waals surface area (Å²) in [6, 6.07) is 13.7. The van der Waals surface area contributed by atoms with E-state index in [1.807, 2.05) is 61.2 Å². The maximum atomic E-state index is 13.0. The predicted octanol–water partition coefficient (Wildman–Crippen LogP) is 3.30. The lowest BCUT2D eigenvalue weighted by Gasteiger charge is -2.29. The van der Waals surface area contributed by atoms with Gasteiger partial charge in [0.05, 0.1) is 12.5 Å². The maximum Gasteiger partial charge on any atom is 0.231 e. The van der Waals surface area contributed by atoms with E-state index >= 15 is 0 Å². The Morgan fingerprint density at radius 2 is 2.03 bits per heavy atom. The molecule has 0 aliphatic carbocycles. The van der Waals surface area contributed by atoms with Crippen LogP contribution in [-0.4, -0.2) is 48.5 Å². The summed E-state index contributed by atoms with van der Waals surface area (Å²) in [5.41, 5.74) is 1.76. The number of nitrogens with zero attached hydrogens (tertiary/aromatic N) is 1. The Morgan fingerprint density at radius 1 is 1.20 bits per heavy atom. The second-order valence-corrected chi connectivity index (χ2v) is 8.38. The summed E-state index contributed by atoms with van der Waals surface area (Å²) in [6.45, 7) is 5.54. The van der Waals surface area contributed by atoms with Gasteiger partial charge in [0.15, 0.2) is 11.5 Å². The summed E-state index contributed by atoms with van der Waals surface area (Å²) >= 11 is 0. The average Bonchev–Trinajstić information content (AvgIpc) is 3.35. The number of carbonyl (C=O) groups excluding carboxylic acids is 1. The molecule has 2 aromatic rings. The van der Waals surface area contributed by atoms with Crippen molar-refractivity contribution in [3.8, 4) is 17.2 Å². The molecule has 4 rings (SSSR count). The van der Waals surface area contributed by atoms with E-state index in [0.717, 1.165) is 34.8 Å². The third-order valence-electron chi connectivity index (χ3n) is 5.91. The van der Waals surface area contributed by atoms with Crippen LogP contribution in [0, 0.1) is 0 Å². The van der Waals surface area contributed by atoms with Gasteiger partial charge < -0.3 is 24.2 Å². The highest BCUT2D eigenvalue weighted by atomic mass is 16.7. The van der Waals surface area contributed by atoms with E-state index in [-0.39, 0.29) is 30.8 Å². The number of fused-ring (bicyclic) bond motifs is 1. The summed E-state index contributed by atoms with van der Waals surface area (Å²) in [5.74, 6) is 2.35. The zero-order valence-corrected chi connectivity index (χ0v) is 17.6. The first-order chi connectivity index (χ1) is 14.5. The van der Waals surface area contributed by atoms with Crippen molar-refractivity contribution in [2.24, 2.45) is 0 Å². The van der Waals surface area contributed by atoms with Crippen molar-refractivity contribution < 1.29 is 24.1 Å². The van der Waals surface area contributed by atoms with Crippen LogP contribution in [0.5, 0.6) is 17.2 Å². The molecule has 2 aromatic carbocycles. The zero-order chi connectivity index (χ0) is 21.1. The minimum atomic E-state index is -0.270. The summed E-state index contributed by atoms with van der Waals surface area (Å²) in [4.78, 5) is 14.9. The molecule has 1 fully saturated rings. The van der Waals surface area contributed by atoms with Gasteiger partial charge in [0, 0.05) is 25.1 Å². The number of aliphatic hydroxyl groups is 1. The van der Waals surface area contributed by atoms with Crippen molar-refractivity contribution in [1.82, 2.24) is 4.90 Å². The van der Waals surface area contributed by atoms with Gasteiger partial charge in [0.1, 0.15) is 5.75 Å². The predicted molar refractivity (Wildman–Crippen MR) is 113 cm³/mol. The van der Waals surface area contributed by atoms with Gasteiger partial charge in [-0.15, -0.1) is 0 Å². The molecule has 6 heteroatoms. The summed E-state index contributed by atoms with van der Waals surface area (Å²) in [5, 5.41) is 9.74. The molecule has 30 heavy (non-hydrogen) atoms. The quantitative estimate of drug-likeness (QED) is 0.757. The number of carbonyl (C=O) groups is 1. The van der Waals surface area contributed by atoms with Crippen LogP contribution in [0.1, 0.15) is 37.8 Å². The molecule has 2 aliphatic heterocycles. The third-order valence-corrected chi connectivity index (χ3v) is 5.91. The fourth-order valence-electron chi connectivity index (χ4n) is 4.40. The topological polar surface area (TPSA) is 68.2 Å². The monoisotopic (exact) mass is 411 g/mol. The first-order valence-corrected chi connectivity index (χ1v) is 10.5. The lowest BCUT2D eigenvalue weighted by Crippen LogP contribution is -2.36. The van der Waals surface area contributed by atoms with Gasteiger partial charge in [-0.05, 0) is 62.1 Å². The second kappa shape index (κ2) is 8.56. The Labute approximate surface area is 177 Å². The van der Waals surface area contributed by atoms with E-state index in [1.165, 1.54) is 0 Å². The van der Waals surface area contributed by atoms with E-state index in [0.29, 0.717) is 25.9 Å². The first kappa shape index (κ1) is 20.5. The smallest absolute Gasteiger partial charge is 0.231 e. The number of likely N-dealkylation sites (tertiary alicyclic amines) is 1. The zero-order valence-electron chi connectivity index (χ0n) is 17.6. The number of amides is 1. The van der Waals surface area contributed by atoms with Crippen molar-refractivity contribution in [3.05, 3.63) is 53.6 Å². The van der Waals surface area contributed by atoms with Crippen LogP contribution in [0.25, 0.3) is 0 Å². The van der Waals surface area contributed by atoms with Gasteiger partial charge in [0.25, 0.3) is 0 Å². The van der Waals surface area contributed by atoms with Crippen molar-refractivity contribution in [2.45, 2.75) is 44.6 Å². The largest absolute Gasteiger partial charge is 0.491 e. The van der Waals surface area contributed by atoms with Crippen LogP contribution < -0.4 is 14.2 Å². The molecular weight excluding hydrogens is 382 g/mol. The van der Waals surface area contributed by atoms with E-state index < -0.39 is 0 Å². The molecule has 2 heterocycles. The standard InChI is InChI=1S/C24H29NO5/c1-17(2)30-20-5-3-4-18(12-20)13-23(27)25-10-8-24(15-25,9-11-26)19-6-7-21-22(14-19)29-16-28-21/h3-7,12,14,17,26H,8-11,13,15-16H2,1-2H3. The molecule has 1 atom stereocenters. The molecule has 0 radical (unpaired) electrons. The normalized spacial score (nSPS) is 20.1. The molecular formula is C24H29NO5. The van der Waals surface area contributed by atoms with Crippen molar-refractivity contribution in [1.29, 1.82) is 0 Å². The van der Waals surface area contributed by atoms with E-state index in [9.17, 15) is 9.90 Å². The Morgan fingerprint density at radius 3 is 2.83 bits per heavy atom. The van der Waals surface area contributed by atoms with Gasteiger partial charge in [-0.3, -0.25) is 4.79 Å². The highest BCUT2D eigenvalue weighted by Gasteiger charge is 2.41. The van der Waals surface area contributed by atoms with E-state index in [1.54, 1.807) is 0 Å². The van der Waals surface area contributed by atoms with Gasteiger partial charge in [-0.25, -0.2) is 0 Å². The van der Waals surface area contributed by atoms with Gasteiger partial charge in [0.2, 0.25) is 12.7 Å². The number of hydrogen-bond acceptors (Lipinski definition) is 5.